The molecule has 2 aromatic heterocycles. The number of carbonyl (C=O) groups is 1. The molecule has 4 rings (SSSR count). The van der Waals surface area contributed by atoms with Gasteiger partial charge in [-0.3, -0.25) is 9.78 Å². The molecule has 1 aromatic carbocycles. The average molecular weight is 401 g/mol. The van der Waals surface area contributed by atoms with E-state index in [4.69, 9.17) is 4.98 Å². The van der Waals surface area contributed by atoms with Gasteiger partial charge in [-0.05, 0) is 53.5 Å². The van der Waals surface area contributed by atoms with E-state index >= 15 is 0 Å². The Balaban J connectivity index is 1.44. The molecular weight excluding hydrogens is 384 g/mol. The van der Waals surface area contributed by atoms with Crippen molar-refractivity contribution in [2.75, 3.05) is 0 Å². The molecule has 2 heterocycles. The number of nitrogens with one attached hydrogen (secondary N) is 1. The maximum Gasteiger partial charge on any atom is 0.224 e. The molecule has 1 amide bonds. The van der Waals surface area contributed by atoms with Crippen LogP contribution in [0.25, 0.3) is 10.9 Å². The summed E-state index contributed by atoms with van der Waals surface area (Å²) in [6.07, 6.45) is 0.887. The zero-order chi connectivity index (χ0) is 16.7. The first-order valence-electron chi connectivity index (χ1n) is 8.03. The van der Waals surface area contributed by atoms with Crippen molar-refractivity contribution in [1.29, 1.82) is 0 Å². The number of halogens is 1. The monoisotopic (exact) mass is 400 g/mol. The number of benzene rings is 1. The van der Waals surface area contributed by atoms with Gasteiger partial charge in [-0.25, -0.2) is 0 Å². The molecule has 1 fully saturated rings. The van der Waals surface area contributed by atoms with Gasteiger partial charge in [-0.1, -0.05) is 24.3 Å². The summed E-state index contributed by atoms with van der Waals surface area (Å²) in [5.41, 5.74) is 2.03. The highest BCUT2D eigenvalue weighted by Gasteiger charge is 2.45. The topological polar surface area (TPSA) is 42.0 Å². The van der Waals surface area contributed by atoms with E-state index in [0.29, 0.717) is 0 Å². The Morgan fingerprint density at radius 1 is 1.25 bits per heavy atom. The first-order chi connectivity index (χ1) is 11.6. The van der Waals surface area contributed by atoms with E-state index in [1.54, 1.807) is 11.3 Å². The summed E-state index contributed by atoms with van der Waals surface area (Å²) in [5.74, 6) is 0.424. The average Bonchev–Trinajstić information content (AvgIpc) is 3.28. The summed E-state index contributed by atoms with van der Waals surface area (Å²) in [7, 11) is 0. The number of thiophene rings is 1. The predicted octanol–water partition coefficient (Wildman–Crippen LogP) is 5.04. The third-order valence-electron chi connectivity index (χ3n) is 4.51. The summed E-state index contributed by atoms with van der Waals surface area (Å²) in [6, 6.07) is 16.3. The minimum atomic E-state index is 0.0413. The lowest BCUT2D eigenvalue weighted by atomic mass is 10.1. The molecule has 3 nitrogen and oxygen atoms in total. The zero-order valence-electron chi connectivity index (χ0n) is 13.2. The maximum atomic E-state index is 12.5. The minimum absolute atomic E-state index is 0.0413. The van der Waals surface area contributed by atoms with Gasteiger partial charge in [-0.2, -0.15) is 0 Å². The molecule has 1 aliphatic carbocycles. The van der Waals surface area contributed by atoms with Crippen LogP contribution in [-0.4, -0.2) is 10.9 Å². The van der Waals surface area contributed by atoms with E-state index in [2.05, 4.69) is 45.5 Å². The van der Waals surface area contributed by atoms with Crippen molar-refractivity contribution in [3.8, 4) is 0 Å². The number of amides is 1. The van der Waals surface area contributed by atoms with Gasteiger partial charge in [0.05, 0.1) is 15.3 Å². The molecule has 1 N–H and O–H groups in total. The Hall–Kier alpha value is -1.72. The predicted molar refractivity (Wildman–Crippen MR) is 101 cm³/mol. The molecule has 3 atom stereocenters. The molecule has 1 aliphatic rings. The van der Waals surface area contributed by atoms with Crippen LogP contribution in [0.15, 0.2) is 52.3 Å². The highest BCUT2D eigenvalue weighted by molar-refractivity contribution is 9.11. The van der Waals surface area contributed by atoms with Gasteiger partial charge >= 0.3 is 0 Å². The van der Waals surface area contributed by atoms with E-state index in [0.717, 1.165) is 31.7 Å². The number of para-hydroxylation sites is 1. The van der Waals surface area contributed by atoms with Crippen molar-refractivity contribution in [3.63, 3.8) is 0 Å². The van der Waals surface area contributed by atoms with Crippen LogP contribution in [0, 0.1) is 5.92 Å². The van der Waals surface area contributed by atoms with Gasteiger partial charge in [-0.15, -0.1) is 11.3 Å². The van der Waals surface area contributed by atoms with Gasteiger partial charge in [0, 0.05) is 27.8 Å². The number of rotatable bonds is 4. The molecule has 122 valence electrons. The summed E-state index contributed by atoms with van der Waals surface area (Å²) in [4.78, 5) is 18.4. The van der Waals surface area contributed by atoms with Crippen LogP contribution >= 0.6 is 27.3 Å². The van der Waals surface area contributed by atoms with Crippen LogP contribution in [0.1, 0.15) is 35.9 Å². The van der Waals surface area contributed by atoms with Crippen LogP contribution in [0.3, 0.4) is 0 Å². The summed E-state index contributed by atoms with van der Waals surface area (Å²) in [6.45, 7) is 2.03. The lowest BCUT2D eigenvalue weighted by Crippen LogP contribution is -2.28. The number of carbonyl (C=O) groups excluding carboxylic acids is 1. The van der Waals surface area contributed by atoms with E-state index in [1.807, 2.05) is 31.2 Å². The zero-order valence-corrected chi connectivity index (χ0v) is 15.6. The lowest BCUT2D eigenvalue weighted by Gasteiger charge is -2.12. The number of hydrogen-bond donors (Lipinski definition) is 1. The fourth-order valence-corrected chi connectivity index (χ4v) is 4.48. The van der Waals surface area contributed by atoms with Gasteiger partial charge in [0.25, 0.3) is 0 Å². The Bertz CT molecular complexity index is 907. The van der Waals surface area contributed by atoms with E-state index < -0.39 is 0 Å². The molecule has 0 aliphatic heterocycles. The molecule has 0 saturated heterocycles. The number of pyridine rings is 1. The van der Waals surface area contributed by atoms with Crippen LogP contribution in [0.4, 0.5) is 0 Å². The second kappa shape index (κ2) is 6.30. The number of hydrogen-bond acceptors (Lipinski definition) is 3. The van der Waals surface area contributed by atoms with Crippen molar-refractivity contribution in [2.24, 2.45) is 5.92 Å². The fraction of sp³-hybridized carbons (Fsp3) is 0.263. The quantitative estimate of drug-likeness (QED) is 0.666. The van der Waals surface area contributed by atoms with Crippen molar-refractivity contribution in [3.05, 3.63) is 62.9 Å². The number of aromatic nitrogens is 1. The minimum Gasteiger partial charge on any atom is -0.349 e. The molecule has 1 saturated carbocycles. The highest BCUT2D eigenvalue weighted by atomic mass is 79.9. The second-order valence-corrected chi connectivity index (χ2v) is 8.74. The lowest BCUT2D eigenvalue weighted by molar-refractivity contribution is -0.123. The number of fused-ring (bicyclic) bond motifs is 1. The van der Waals surface area contributed by atoms with Crippen LogP contribution < -0.4 is 5.32 Å². The van der Waals surface area contributed by atoms with Crippen molar-refractivity contribution < 1.29 is 4.79 Å². The van der Waals surface area contributed by atoms with E-state index in [1.165, 1.54) is 0 Å². The third-order valence-corrected chi connectivity index (χ3v) is 6.31. The Morgan fingerprint density at radius 3 is 2.88 bits per heavy atom. The Labute approximate surface area is 153 Å². The Morgan fingerprint density at radius 2 is 2.08 bits per heavy atom. The van der Waals surface area contributed by atoms with Gasteiger partial charge in [0.15, 0.2) is 0 Å². The third kappa shape index (κ3) is 3.10. The molecular formula is C19H17BrN2OS. The highest BCUT2D eigenvalue weighted by Crippen LogP contribution is 2.47. The number of nitrogens with zero attached hydrogens (tertiary/aromatic N) is 1. The van der Waals surface area contributed by atoms with Crippen molar-refractivity contribution in [1.82, 2.24) is 10.3 Å². The standard InChI is InChI=1S/C19H17BrN2OS/c1-11(17-8-9-18(20)24-17)21-19(23)14-10-13(14)16-7-6-12-4-2-3-5-15(12)22-16/h2-9,11,13-14H,10H2,1H3,(H,21,23)/t11-,13-,14-/m1/s1. The fourth-order valence-electron chi connectivity index (χ4n) is 3.05. The first kappa shape index (κ1) is 15.8. The molecule has 0 radical (unpaired) electrons. The van der Waals surface area contributed by atoms with Crippen molar-refractivity contribution in [2.45, 2.75) is 25.3 Å². The van der Waals surface area contributed by atoms with Crippen LogP contribution in [0.5, 0.6) is 0 Å². The molecule has 24 heavy (non-hydrogen) atoms. The molecule has 0 unspecified atom stereocenters. The normalized spacial score (nSPS) is 20.8. The molecule has 5 heteroatoms. The van der Waals surface area contributed by atoms with Gasteiger partial charge in [0.2, 0.25) is 5.91 Å². The largest absolute Gasteiger partial charge is 0.349 e. The Kier molecular flexibility index (Phi) is 4.14. The molecule has 0 bridgehead atoms. The van der Waals surface area contributed by atoms with Gasteiger partial charge < -0.3 is 5.32 Å². The second-order valence-electron chi connectivity index (χ2n) is 6.25. The van der Waals surface area contributed by atoms with Crippen LogP contribution in [-0.2, 0) is 4.79 Å². The van der Waals surface area contributed by atoms with E-state index in [-0.39, 0.29) is 23.8 Å². The first-order valence-corrected chi connectivity index (χ1v) is 9.64. The SMILES string of the molecule is C[C@@H](NC(=O)[C@@H]1C[C@H]1c1ccc2ccccc2n1)c1ccc(Br)s1. The van der Waals surface area contributed by atoms with E-state index in [9.17, 15) is 4.79 Å². The molecule has 3 aromatic rings. The molecule has 0 spiro atoms. The maximum absolute atomic E-state index is 12.5. The summed E-state index contributed by atoms with van der Waals surface area (Å²) >= 11 is 5.12. The summed E-state index contributed by atoms with van der Waals surface area (Å²) in [5, 5.41) is 4.27. The van der Waals surface area contributed by atoms with Gasteiger partial charge in [0.1, 0.15) is 0 Å². The smallest absolute Gasteiger partial charge is 0.224 e. The van der Waals surface area contributed by atoms with Crippen molar-refractivity contribution >= 4 is 44.1 Å². The summed E-state index contributed by atoms with van der Waals surface area (Å²) < 4.78 is 1.09. The van der Waals surface area contributed by atoms with Crippen LogP contribution in [0.2, 0.25) is 0 Å².